The molecule has 0 fully saturated rings. The Hall–Kier alpha value is -1.48. The molecule has 2 nitrogen and oxygen atoms in total. The van der Waals surface area contributed by atoms with Crippen LogP contribution in [0.3, 0.4) is 0 Å². The molecule has 0 aromatic carbocycles. The average molecular weight is 202 g/mol. The van der Waals surface area contributed by atoms with E-state index in [1.54, 1.807) is 17.5 Å². The molecule has 14 heavy (non-hydrogen) atoms. The lowest BCUT2D eigenvalue weighted by Gasteiger charge is -1.88. The van der Waals surface area contributed by atoms with Gasteiger partial charge in [-0.25, -0.2) is 4.98 Å². The minimum atomic E-state index is 1.01. The molecule has 0 saturated heterocycles. The average Bonchev–Trinajstić information content (AvgIpc) is 2.63. The highest BCUT2D eigenvalue weighted by Crippen LogP contribution is 2.11. The summed E-state index contributed by atoms with van der Waals surface area (Å²) in [5.74, 6) is 0. The summed E-state index contributed by atoms with van der Waals surface area (Å²) in [5, 5.41) is 3.14. The molecule has 0 aliphatic carbocycles. The predicted molar refractivity (Wildman–Crippen MR) is 60.0 cm³/mol. The summed E-state index contributed by atoms with van der Waals surface area (Å²) >= 11 is 1.66. The van der Waals surface area contributed by atoms with Crippen LogP contribution in [0.15, 0.2) is 29.9 Å². The highest BCUT2D eigenvalue weighted by molar-refractivity contribution is 7.09. The maximum atomic E-state index is 4.34. The monoisotopic (exact) mass is 202 g/mol. The van der Waals surface area contributed by atoms with Gasteiger partial charge in [0, 0.05) is 17.8 Å². The van der Waals surface area contributed by atoms with Crippen molar-refractivity contribution in [3.8, 4) is 0 Å². The van der Waals surface area contributed by atoms with Crippen LogP contribution in [-0.4, -0.2) is 9.97 Å². The standard InChI is InChI=1S/C11H10N2S/c1-9-13-11(8-14-9)5-4-10-3-2-6-12-7-10/h2-8H,1H3/b5-4+. The summed E-state index contributed by atoms with van der Waals surface area (Å²) in [4.78, 5) is 8.37. The zero-order valence-corrected chi connectivity index (χ0v) is 8.66. The fourth-order valence-electron chi connectivity index (χ4n) is 1.11. The molecular formula is C11H10N2S. The summed E-state index contributed by atoms with van der Waals surface area (Å²) in [7, 11) is 0. The topological polar surface area (TPSA) is 25.8 Å². The van der Waals surface area contributed by atoms with Crippen molar-refractivity contribution >= 4 is 23.5 Å². The number of hydrogen-bond acceptors (Lipinski definition) is 3. The van der Waals surface area contributed by atoms with Crippen molar-refractivity contribution in [3.05, 3.63) is 46.2 Å². The Kier molecular flexibility index (Phi) is 2.70. The van der Waals surface area contributed by atoms with Crippen molar-refractivity contribution in [2.24, 2.45) is 0 Å². The SMILES string of the molecule is Cc1nc(/C=C/c2cccnc2)cs1. The minimum Gasteiger partial charge on any atom is -0.264 e. The first-order valence-corrected chi connectivity index (χ1v) is 5.23. The maximum Gasteiger partial charge on any atom is 0.0901 e. The van der Waals surface area contributed by atoms with Gasteiger partial charge in [0.1, 0.15) is 0 Å². The number of rotatable bonds is 2. The van der Waals surface area contributed by atoms with Gasteiger partial charge in [0.25, 0.3) is 0 Å². The molecule has 3 heteroatoms. The van der Waals surface area contributed by atoms with Crippen LogP contribution < -0.4 is 0 Å². The second-order valence-corrected chi connectivity index (χ2v) is 3.97. The van der Waals surface area contributed by atoms with Crippen LogP contribution in [0.25, 0.3) is 12.2 Å². The molecule has 0 N–H and O–H groups in total. The van der Waals surface area contributed by atoms with E-state index >= 15 is 0 Å². The molecule has 0 aliphatic rings. The molecule has 0 saturated carbocycles. The number of aromatic nitrogens is 2. The lowest BCUT2D eigenvalue weighted by molar-refractivity contribution is 1.27. The van der Waals surface area contributed by atoms with Gasteiger partial charge >= 0.3 is 0 Å². The van der Waals surface area contributed by atoms with Gasteiger partial charge in [0.05, 0.1) is 10.7 Å². The molecule has 2 aromatic heterocycles. The van der Waals surface area contributed by atoms with Crippen LogP contribution >= 0.6 is 11.3 Å². The van der Waals surface area contributed by atoms with E-state index in [1.807, 2.05) is 42.8 Å². The van der Waals surface area contributed by atoms with E-state index in [1.165, 1.54) is 0 Å². The molecule has 2 rings (SSSR count). The van der Waals surface area contributed by atoms with Crippen LogP contribution in [-0.2, 0) is 0 Å². The molecule has 0 amide bonds. The summed E-state index contributed by atoms with van der Waals surface area (Å²) in [6, 6.07) is 3.94. The number of aryl methyl sites for hydroxylation is 1. The lowest BCUT2D eigenvalue weighted by Crippen LogP contribution is -1.74. The molecule has 0 radical (unpaired) electrons. The van der Waals surface area contributed by atoms with Crippen molar-refractivity contribution in [1.29, 1.82) is 0 Å². The first-order valence-electron chi connectivity index (χ1n) is 4.35. The summed E-state index contributed by atoms with van der Waals surface area (Å²) in [6.45, 7) is 2.01. The van der Waals surface area contributed by atoms with Gasteiger partial charge < -0.3 is 0 Å². The summed E-state index contributed by atoms with van der Waals surface area (Å²) in [5.41, 5.74) is 2.11. The third-order valence-electron chi connectivity index (χ3n) is 1.77. The molecule has 0 aliphatic heterocycles. The highest BCUT2D eigenvalue weighted by atomic mass is 32.1. The van der Waals surface area contributed by atoms with Gasteiger partial charge in [-0.15, -0.1) is 11.3 Å². The molecule has 2 heterocycles. The Balaban J connectivity index is 2.15. The Morgan fingerprint density at radius 3 is 2.93 bits per heavy atom. The Morgan fingerprint density at radius 2 is 2.29 bits per heavy atom. The van der Waals surface area contributed by atoms with Gasteiger partial charge in [0.15, 0.2) is 0 Å². The molecule has 2 aromatic rings. The van der Waals surface area contributed by atoms with Crippen LogP contribution in [0, 0.1) is 6.92 Å². The van der Waals surface area contributed by atoms with Crippen LogP contribution in [0.5, 0.6) is 0 Å². The predicted octanol–water partition coefficient (Wildman–Crippen LogP) is 3.02. The van der Waals surface area contributed by atoms with Gasteiger partial charge in [-0.05, 0) is 24.6 Å². The molecule has 70 valence electrons. The molecular weight excluding hydrogens is 192 g/mol. The summed E-state index contributed by atoms with van der Waals surface area (Å²) in [6.07, 6.45) is 7.61. The van der Waals surface area contributed by atoms with Crippen LogP contribution in [0.4, 0.5) is 0 Å². The third kappa shape index (κ3) is 2.26. The quantitative estimate of drug-likeness (QED) is 0.748. The fourth-order valence-corrected chi connectivity index (χ4v) is 1.69. The Morgan fingerprint density at radius 1 is 1.36 bits per heavy atom. The number of nitrogens with zero attached hydrogens (tertiary/aromatic N) is 2. The molecule has 0 unspecified atom stereocenters. The second-order valence-electron chi connectivity index (χ2n) is 2.91. The summed E-state index contributed by atoms with van der Waals surface area (Å²) < 4.78 is 0. The van der Waals surface area contributed by atoms with Crippen LogP contribution in [0.2, 0.25) is 0 Å². The second kappa shape index (κ2) is 4.15. The normalized spacial score (nSPS) is 10.9. The highest BCUT2D eigenvalue weighted by Gasteiger charge is 1.92. The van der Waals surface area contributed by atoms with E-state index in [4.69, 9.17) is 0 Å². The van der Waals surface area contributed by atoms with Gasteiger partial charge in [-0.1, -0.05) is 12.1 Å². The third-order valence-corrected chi connectivity index (χ3v) is 2.56. The largest absolute Gasteiger partial charge is 0.264 e. The van der Waals surface area contributed by atoms with E-state index in [0.29, 0.717) is 0 Å². The number of pyridine rings is 1. The van der Waals surface area contributed by atoms with E-state index in [0.717, 1.165) is 16.3 Å². The first kappa shape index (κ1) is 9.09. The van der Waals surface area contributed by atoms with E-state index < -0.39 is 0 Å². The van der Waals surface area contributed by atoms with Crippen molar-refractivity contribution in [2.75, 3.05) is 0 Å². The fraction of sp³-hybridized carbons (Fsp3) is 0.0909. The Labute approximate surface area is 87.0 Å². The van der Waals surface area contributed by atoms with E-state index in [9.17, 15) is 0 Å². The zero-order valence-electron chi connectivity index (χ0n) is 7.84. The van der Waals surface area contributed by atoms with Crippen molar-refractivity contribution in [2.45, 2.75) is 6.92 Å². The number of thiazole rings is 1. The van der Waals surface area contributed by atoms with Gasteiger partial charge in [-0.2, -0.15) is 0 Å². The lowest BCUT2D eigenvalue weighted by atomic mass is 10.2. The Bertz CT molecular complexity index is 432. The number of hydrogen-bond donors (Lipinski definition) is 0. The van der Waals surface area contributed by atoms with Crippen LogP contribution in [0.1, 0.15) is 16.3 Å². The van der Waals surface area contributed by atoms with Crippen molar-refractivity contribution in [1.82, 2.24) is 9.97 Å². The maximum absolute atomic E-state index is 4.34. The molecule has 0 spiro atoms. The van der Waals surface area contributed by atoms with Crippen molar-refractivity contribution in [3.63, 3.8) is 0 Å². The van der Waals surface area contributed by atoms with E-state index in [2.05, 4.69) is 9.97 Å². The molecule has 0 atom stereocenters. The smallest absolute Gasteiger partial charge is 0.0901 e. The van der Waals surface area contributed by atoms with Gasteiger partial charge in [-0.3, -0.25) is 4.98 Å². The first-order chi connectivity index (χ1) is 6.84. The zero-order chi connectivity index (χ0) is 9.80. The van der Waals surface area contributed by atoms with E-state index in [-0.39, 0.29) is 0 Å². The molecule has 0 bridgehead atoms. The van der Waals surface area contributed by atoms with Gasteiger partial charge in [0.2, 0.25) is 0 Å². The van der Waals surface area contributed by atoms with Crippen molar-refractivity contribution < 1.29 is 0 Å². The minimum absolute atomic E-state index is 1.01.